The first-order valence-corrected chi connectivity index (χ1v) is 7.75. The van der Waals surface area contributed by atoms with Crippen LogP contribution in [0.5, 0.6) is 0 Å². The highest BCUT2D eigenvalue weighted by Gasteiger charge is 2.29. The van der Waals surface area contributed by atoms with E-state index in [1.54, 1.807) is 12.1 Å². The van der Waals surface area contributed by atoms with Gasteiger partial charge in [-0.3, -0.25) is 4.79 Å². The molecule has 1 amide bonds. The highest BCUT2D eigenvalue weighted by molar-refractivity contribution is 5.87. The average Bonchev–Trinajstić information content (AvgIpc) is 2.48. The minimum Gasteiger partial charge on any atom is -0.355 e. The van der Waals surface area contributed by atoms with Gasteiger partial charge in [0.1, 0.15) is 5.82 Å². The molecule has 0 saturated carbocycles. The zero-order chi connectivity index (χ0) is 15.3. The SMILES string of the molecule is CC(C)(C(=O)NCC[C@@H]1CCCNC1)c1ccc(F)cc1. The number of carbonyl (C=O) groups excluding carboxylic acids is 1. The predicted molar refractivity (Wildman–Crippen MR) is 82.6 cm³/mol. The molecule has 0 bridgehead atoms. The number of hydrogen-bond acceptors (Lipinski definition) is 2. The van der Waals surface area contributed by atoms with Gasteiger partial charge >= 0.3 is 0 Å². The fourth-order valence-electron chi connectivity index (χ4n) is 2.78. The van der Waals surface area contributed by atoms with E-state index in [1.165, 1.54) is 25.0 Å². The van der Waals surface area contributed by atoms with Crippen molar-refractivity contribution in [3.63, 3.8) is 0 Å². The first-order valence-electron chi connectivity index (χ1n) is 7.75. The molecule has 4 heteroatoms. The molecule has 1 aromatic rings. The van der Waals surface area contributed by atoms with Gasteiger partial charge in [-0.15, -0.1) is 0 Å². The van der Waals surface area contributed by atoms with Crippen LogP contribution in [0.2, 0.25) is 0 Å². The third-order valence-electron chi connectivity index (χ3n) is 4.37. The molecule has 116 valence electrons. The van der Waals surface area contributed by atoms with Gasteiger partial charge in [-0.25, -0.2) is 4.39 Å². The van der Waals surface area contributed by atoms with Crippen LogP contribution in [0.1, 0.15) is 38.7 Å². The molecular weight excluding hydrogens is 267 g/mol. The molecule has 1 atom stereocenters. The number of halogens is 1. The Morgan fingerprint density at radius 2 is 2.10 bits per heavy atom. The molecule has 1 aliphatic rings. The van der Waals surface area contributed by atoms with Crippen LogP contribution in [-0.2, 0) is 10.2 Å². The molecule has 1 saturated heterocycles. The summed E-state index contributed by atoms with van der Waals surface area (Å²) in [6.45, 7) is 6.61. The number of nitrogens with one attached hydrogen (secondary N) is 2. The number of rotatable bonds is 5. The van der Waals surface area contributed by atoms with Gasteiger partial charge in [-0.05, 0) is 69.8 Å². The van der Waals surface area contributed by atoms with Crippen molar-refractivity contribution in [1.29, 1.82) is 0 Å². The van der Waals surface area contributed by atoms with Gasteiger partial charge in [-0.1, -0.05) is 12.1 Å². The summed E-state index contributed by atoms with van der Waals surface area (Å²) in [5.41, 5.74) is 0.194. The van der Waals surface area contributed by atoms with E-state index in [4.69, 9.17) is 0 Å². The van der Waals surface area contributed by atoms with Crippen molar-refractivity contribution in [1.82, 2.24) is 10.6 Å². The Kier molecular flexibility index (Phi) is 5.34. The van der Waals surface area contributed by atoms with Gasteiger partial charge in [0.25, 0.3) is 0 Å². The van der Waals surface area contributed by atoms with Gasteiger partial charge in [0.15, 0.2) is 0 Å². The monoisotopic (exact) mass is 292 g/mol. The van der Waals surface area contributed by atoms with E-state index >= 15 is 0 Å². The maximum atomic E-state index is 13.0. The molecular formula is C17H25FN2O. The summed E-state index contributed by atoms with van der Waals surface area (Å²) in [6.07, 6.45) is 3.47. The second-order valence-corrected chi connectivity index (χ2v) is 6.39. The Morgan fingerprint density at radius 1 is 1.38 bits per heavy atom. The molecule has 1 aromatic carbocycles. The Morgan fingerprint density at radius 3 is 2.71 bits per heavy atom. The number of piperidine rings is 1. The van der Waals surface area contributed by atoms with E-state index in [9.17, 15) is 9.18 Å². The second kappa shape index (κ2) is 7.03. The van der Waals surface area contributed by atoms with Crippen LogP contribution in [0, 0.1) is 11.7 Å². The zero-order valence-electron chi connectivity index (χ0n) is 12.9. The van der Waals surface area contributed by atoms with E-state index in [-0.39, 0.29) is 11.7 Å². The third-order valence-corrected chi connectivity index (χ3v) is 4.37. The zero-order valence-corrected chi connectivity index (χ0v) is 12.9. The summed E-state index contributed by atoms with van der Waals surface area (Å²) in [5.74, 6) is 0.380. The van der Waals surface area contributed by atoms with E-state index < -0.39 is 5.41 Å². The molecule has 0 spiro atoms. The van der Waals surface area contributed by atoms with Crippen molar-refractivity contribution in [3.8, 4) is 0 Å². The first-order chi connectivity index (χ1) is 10.00. The van der Waals surface area contributed by atoms with Crippen LogP contribution in [0.25, 0.3) is 0 Å². The standard InChI is InChI=1S/C17H25FN2O/c1-17(2,14-5-7-15(18)8-6-14)16(21)20-11-9-13-4-3-10-19-12-13/h5-8,13,19H,3-4,9-12H2,1-2H3,(H,20,21)/t13-/m0/s1. The average molecular weight is 292 g/mol. The molecule has 2 N–H and O–H groups in total. The first kappa shape index (κ1) is 16.0. The van der Waals surface area contributed by atoms with Crippen molar-refractivity contribution >= 4 is 5.91 Å². The van der Waals surface area contributed by atoms with Crippen molar-refractivity contribution in [2.24, 2.45) is 5.92 Å². The minimum absolute atomic E-state index is 0.00197. The van der Waals surface area contributed by atoms with E-state index in [0.29, 0.717) is 12.5 Å². The van der Waals surface area contributed by atoms with Crippen molar-refractivity contribution < 1.29 is 9.18 Å². The summed E-state index contributed by atoms with van der Waals surface area (Å²) in [5, 5.41) is 6.41. The summed E-state index contributed by atoms with van der Waals surface area (Å²) in [4.78, 5) is 12.4. The molecule has 0 aliphatic carbocycles. The molecule has 3 nitrogen and oxygen atoms in total. The van der Waals surface area contributed by atoms with Gasteiger partial charge < -0.3 is 10.6 Å². The van der Waals surface area contributed by atoms with Crippen LogP contribution in [0.15, 0.2) is 24.3 Å². The van der Waals surface area contributed by atoms with Crippen LogP contribution < -0.4 is 10.6 Å². The minimum atomic E-state index is -0.640. The number of carbonyl (C=O) groups is 1. The van der Waals surface area contributed by atoms with Gasteiger partial charge in [0.05, 0.1) is 5.41 Å². The van der Waals surface area contributed by atoms with Gasteiger partial charge in [0.2, 0.25) is 5.91 Å². The Hall–Kier alpha value is -1.42. The molecule has 0 radical (unpaired) electrons. The van der Waals surface area contributed by atoms with Crippen LogP contribution in [0.4, 0.5) is 4.39 Å². The van der Waals surface area contributed by atoms with E-state index in [1.807, 2.05) is 13.8 Å². The summed E-state index contributed by atoms with van der Waals surface area (Å²) in [7, 11) is 0. The molecule has 2 rings (SSSR count). The van der Waals surface area contributed by atoms with Gasteiger partial charge in [-0.2, -0.15) is 0 Å². The van der Waals surface area contributed by atoms with Crippen molar-refractivity contribution in [3.05, 3.63) is 35.6 Å². The number of hydrogen-bond donors (Lipinski definition) is 2. The molecule has 0 unspecified atom stereocenters. The summed E-state index contributed by atoms with van der Waals surface area (Å²) >= 11 is 0. The molecule has 0 aromatic heterocycles. The lowest BCUT2D eigenvalue weighted by molar-refractivity contribution is -0.125. The topological polar surface area (TPSA) is 41.1 Å². The maximum Gasteiger partial charge on any atom is 0.230 e. The fourth-order valence-corrected chi connectivity index (χ4v) is 2.78. The largest absolute Gasteiger partial charge is 0.355 e. The molecule has 1 heterocycles. The Bertz CT molecular complexity index is 464. The summed E-state index contributed by atoms with van der Waals surface area (Å²) < 4.78 is 13.0. The van der Waals surface area contributed by atoms with Crippen molar-refractivity contribution in [2.45, 2.75) is 38.5 Å². The highest BCUT2D eigenvalue weighted by atomic mass is 19.1. The van der Waals surface area contributed by atoms with E-state index in [2.05, 4.69) is 10.6 Å². The van der Waals surface area contributed by atoms with Crippen LogP contribution >= 0.6 is 0 Å². The Balaban J connectivity index is 1.84. The maximum absolute atomic E-state index is 13.0. The lowest BCUT2D eigenvalue weighted by atomic mass is 9.83. The molecule has 1 aliphatic heterocycles. The number of benzene rings is 1. The lowest BCUT2D eigenvalue weighted by Crippen LogP contribution is -2.41. The highest BCUT2D eigenvalue weighted by Crippen LogP contribution is 2.23. The van der Waals surface area contributed by atoms with Crippen LogP contribution in [0.3, 0.4) is 0 Å². The molecule has 1 fully saturated rings. The van der Waals surface area contributed by atoms with Crippen LogP contribution in [-0.4, -0.2) is 25.5 Å². The normalized spacial score (nSPS) is 19.3. The Labute approximate surface area is 126 Å². The predicted octanol–water partition coefficient (Wildman–Crippen LogP) is 2.61. The van der Waals surface area contributed by atoms with Gasteiger partial charge in [0, 0.05) is 6.54 Å². The number of amides is 1. The van der Waals surface area contributed by atoms with E-state index in [0.717, 1.165) is 25.1 Å². The second-order valence-electron chi connectivity index (χ2n) is 6.39. The smallest absolute Gasteiger partial charge is 0.230 e. The fraction of sp³-hybridized carbons (Fsp3) is 0.588. The molecule has 21 heavy (non-hydrogen) atoms. The quantitative estimate of drug-likeness (QED) is 0.876. The third kappa shape index (κ3) is 4.27. The summed E-state index contributed by atoms with van der Waals surface area (Å²) in [6, 6.07) is 6.16. The van der Waals surface area contributed by atoms with Crippen molar-refractivity contribution in [2.75, 3.05) is 19.6 Å². The lowest BCUT2D eigenvalue weighted by Gasteiger charge is -2.26.